The summed E-state index contributed by atoms with van der Waals surface area (Å²) in [6.45, 7) is 5.41. The molecule has 1 spiro atoms. The van der Waals surface area contributed by atoms with Gasteiger partial charge in [-0.3, -0.25) is 4.90 Å². The first kappa shape index (κ1) is 14.9. The topological polar surface area (TPSA) is 24.5 Å². The first-order valence-corrected chi connectivity index (χ1v) is 8.52. The Bertz CT molecular complexity index is 414. The van der Waals surface area contributed by atoms with Crippen LogP contribution in [0.15, 0.2) is 30.3 Å². The fourth-order valence-electron chi connectivity index (χ4n) is 3.78. The quantitative estimate of drug-likeness (QED) is 0.921. The number of benzene rings is 1. The average Bonchev–Trinajstić information content (AvgIpc) is 2.72. The molecule has 3 nitrogen and oxygen atoms in total. The maximum Gasteiger partial charge on any atom is 0.119 e. The fourth-order valence-corrected chi connectivity index (χ4v) is 3.78. The van der Waals surface area contributed by atoms with E-state index in [1.54, 1.807) is 0 Å². The highest BCUT2D eigenvalue weighted by Crippen LogP contribution is 2.30. The summed E-state index contributed by atoms with van der Waals surface area (Å²) >= 11 is 0. The first-order chi connectivity index (χ1) is 10.4. The summed E-state index contributed by atoms with van der Waals surface area (Å²) in [5, 5.41) is 3.85. The van der Waals surface area contributed by atoms with Crippen molar-refractivity contribution < 1.29 is 4.74 Å². The minimum atomic E-state index is 0.390. The number of hydrogen-bond donors (Lipinski definition) is 1. The molecule has 2 fully saturated rings. The Kier molecular flexibility index (Phi) is 5.15. The zero-order valence-electron chi connectivity index (χ0n) is 13.0. The molecule has 3 heteroatoms. The summed E-state index contributed by atoms with van der Waals surface area (Å²) in [5.41, 5.74) is 0.390. The highest BCUT2D eigenvalue weighted by atomic mass is 16.5. The molecule has 1 aliphatic heterocycles. The van der Waals surface area contributed by atoms with E-state index in [1.807, 2.05) is 30.3 Å². The third-order valence-corrected chi connectivity index (χ3v) is 4.91. The van der Waals surface area contributed by atoms with E-state index in [1.165, 1.54) is 58.2 Å². The molecule has 2 aliphatic rings. The molecule has 1 aromatic rings. The number of nitrogens with zero attached hydrogens (tertiary/aromatic N) is 1. The molecule has 1 saturated heterocycles. The lowest BCUT2D eigenvalue weighted by molar-refractivity contribution is 0.146. The molecule has 0 unspecified atom stereocenters. The minimum absolute atomic E-state index is 0.390. The van der Waals surface area contributed by atoms with Gasteiger partial charge in [0.1, 0.15) is 12.4 Å². The monoisotopic (exact) mass is 288 g/mol. The van der Waals surface area contributed by atoms with E-state index in [2.05, 4.69) is 10.2 Å². The number of ether oxygens (including phenoxy) is 1. The molecule has 0 radical (unpaired) electrons. The van der Waals surface area contributed by atoms with Crippen molar-refractivity contribution in [3.63, 3.8) is 0 Å². The van der Waals surface area contributed by atoms with E-state index in [0.717, 1.165) is 18.9 Å². The summed E-state index contributed by atoms with van der Waals surface area (Å²) in [5.74, 6) is 0.984. The number of hydrogen-bond acceptors (Lipinski definition) is 3. The predicted molar refractivity (Wildman–Crippen MR) is 86.8 cm³/mol. The Morgan fingerprint density at radius 1 is 1.05 bits per heavy atom. The normalized spacial score (nSPS) is 22.9. The molecular formula is C18H28N2O. The molecule has 1 saturated carbocycles. The van der Waals surface area contributed by atoms with Crippen molar-refractivity contribution in [2.24, 2.45) is 0 Å². The van der Waals surface area contributed by atoms with Crippen LogP contribution < -0.4 is 10.1 Å². The van der Waals surface area contributed by atoms with Crippen LogP contribution in [0.4, 0.5) is 0 Å². The van der Waals surface area contributed by atoms with Crippen molar-refractivity contribution >= 4 is 0 Å². The van der Waals surface area contributed by atoms with E-state index in [4.69, 9.17) is 4.74 Å². The Morgan fingerprint density at radius 3 is 2.67 bits per heavy atom. The van der Waals surface area contributed by atoms with Crippen LogP contribution in [-0.4, -0.2) is 43.2 Å². The van der Waals surface area contributed by atoms with Crippen LogP contribution in [0.1, 0.15) is 38.5 Å². The highest BCUT2D eigenvalue weighted by molar-refractivity contribution is 5.20. The van der Waals surface area contributed by atoms with Crippen LogP contribution in [0.5, 0.6) is 5.75 Å². The fraction of sp³-hybridized carbons (Fsp3) is 0.667. The second kappa shape index (κ2) is 7.28. The van der Waals surface area contributed by atoms with Gasteiger partial charge in [-0.2, -0.15) is 0 Å². The Morgan fingerprint density at radius 2 is 1.86 bits per heavy atom. The largest absolute Gasteiger partial charge is 0.492 e. The van der Waals surface area contributed by atoms with Crippen LogP contribution in [0.3, 0.4) is 0 Å². The van der Waals surface area contributed by atoms with Gasteiger partial charge in [0.05, 0.1) is 0 Å². The van der Waals surface area contributed by atoms with Crippen molar-refractivity contribution in [3.8, 4) is 5.75 Å². The van der Waals surface area contributed by atoms with Crippen molar-refractivity contribution in [2.45, 2.75) is 44.1 Å². The van der Waals surface area contributed by atoms with Gasteiger partial charge in [0, 0.05) is 18.6 Å². The van der Waals surface area contributed by atoms with Gasteiger partial charge >= 0.3 is 0 Å². The third-order valence-electron chi connectivity index (χ3n) is 4.91. The maximum absolute atomic E-state index is 5.86. The van der Waals surface area contributed by atoms with Gasteiger partial charge in [-0.25, -0.2) is 0 Å². The van der Waals surface area contributed by atoms with Crippen LogP contribution in [0.25, 0.3) is 0 Å². The molecule has 21 heavy (non-hydrogen) atoms. The van der Waals surface area contributed by atoms with Gasteiger partial charge in [-0.05, 0) is 44.5 Å². The lowest BCUT2D eigenvalue weighted by Gasteiger charge is -2.40. The average molecular weight is 288 g/mol. The van der Waals surface area contributed by atoms with Crippen LogP contribution in [-0.2, 0) is 0 Å². The van der Waals surface area contributed by atoms with Crippen molar-refractivity contribution in [1.82, 2.24) is 10.2 Å². The molecule has 0 aromatic heterocycles. The van der Waals surface area contributed by atoms with Crippen molar-refractivity contribution in [3.05, 3.63) is 30.3 Å². The molecule has 3 rings (SSSR count). The molecule has 0 amide bonds. The van der Waals surface area contributed by atoms with E-state index in [9.17, 15) is 0 Å². The Labute approximate surface area is 128 Å². The minimum Gasteiger partial charge on any atom is -0.492 e. The van der Waals surface area contributed by atoms with E-state index in [0.29, 0.717) is 5.54 Å². The highest BCUT2D eigenvalue weighted by Gasteiger charge is 2.34. The molecule has 116 valence electrons. The lowest BCUT2D eigenvalue weighted by Crippen LogP contribution is -2.53. The lowest BCUT2D eigenvalue weighted by atomic mass is 9.81. The number of rotatable bonds is 4. The van der Waals surface area contributed by atoms with Crippen LogP contribution in [0.2, 0.25) is 0 Å². The van der Waals surface area contributed by atoms with Crippen LogP contribution >= 0.6 is 0 Å². The van der Waals surface area contributed by atoms with Gasteiger partial charge in [0.2, 0.25) is 0 Å². The van der Waals surface area contributed by atoms with Crippen molar-refractivity contribution in [2.75, 3.05) is 32.8 Å². The third kappa shape index (κ3) is 4.21. The van der Waals surface area contributed by atoms with Crippen molar-refractivity contribution in [1.29, 1.82) is 0 Å². The number of nitrogens with one attached hydrogen (secondary N) is 1. The molecule has 0 atom stereocenters. The maximum atomic E-state index is 5.86. The summed E-state index contributed by atoms with van der Waals surface area (Å²) in [7, 11) is 0. The molecule has 0 bridgehead atoms. The van der Waals surface area contributed by atoms with Crippen LogP contribution in [0, 0.1) is 0 Å². The zero-order valence-corrected chi connectivity index (χ0v) is 13.0. The summed E-state index contributed by atoms with van der Waals surface area (Å²) < 4.78 is 5.86. The zero-order chi connectivity index (χ0) is 14.4. The summed E-state index contributed by atoms with van der Waals surface area (Å²) in [4.78, 5) is 2.61. The predicted octanol–water partition coefficient (Wildman–Crippen LogP) is 3.06. The summed E-state index contributed by atoms with van der Waals surface area (Å²) in [6, 6.07) is 10.2. The standard InChI is InChI=1S/C18H28N2O/c1-3-8-17(9-4-1)21-15-14-20-13-7-12-19-18(16-20)10-5-2-6-11-18/h1,3-4,8-9,19H,2,5-7,10-16H2. The van der Waals surface area contributed by atoms with Gasteiger partial charge in [-0.1, -0.05) is 37.5 Å². The van der Waals surface area contributed by atoms with E-state index < -0.39 is 0 Å². The molecule has 1 aromatic carbocycles. The number of para-hydroxylation sites is 1. The second-order valence-electron chi connectivity index (χ2n) is 6.56. The SMILES string of the molecule is c1ccc(OCCN2CCCNC3(CCCCC3)C2)cc1. The van der Waals surface area contributed by atoms with Gasteiger partial charge in [-0.15, -0.1) is 0 Å². The van der Waals surface area contributed by atoms with E-state index in [-0.39, 0.29) is 0 Å². The summed E-state index contributed by atoms with van der Waals surface area (Å²) in [6.07, 6.45) is 8.16. The smallest absolute Gasteiger partial charge is 0.119 e. The molecular weight excluding hydrogens is 260 g/mol. The Balaban J connectivity index is 1.50. The Hall–Kier alpha value is -1.06. The van der Waals surface area contributed by atoms with Gasteiger partial charge < -0.3 is 10.1 Å². The first-order valence-electron chi connectivity index (χ1n) is 8.52. The van der Waals surface area contributed by atoms with Gasteiger partial charge in [0.15, 0.2) is 0 Å². The molecule has 1 N–H and O–H groups in total. The second-order valence-corrected chi connectivity index (χ2v) is 6.56. The van der Waals surface area contributed by atoms with E-state index >= 15 is 0 Å². The van der Waals surface area contributed by atoms with Gasteiger partial charge in [0.25, 0.3) is 0 Å². The molecule has 1 aliphatic carbocycles. The molecule has 1 heterocycles.